The molecule has 4 rings (SSSR count). The number of carbonyl (C=O) groups excluding carboxylic acids is 2. The van der Waals surface area contributed by atoms with E-state index in [0.29, 0.717) is 29.8 Å². The summed E-state index contributed by atoms with van der Waals surface area (Å²) in [5.41, 5.74) is 3.46. The largest absolute Gasteiger partial charge is 0.376 e. The van der Waals surface area contributed by atoms with Gasteiger partial charge in [0.05, 0.1) is 12.1 Å². The molecule has 1 aliphatic heterocycles. The molecule has 0 radical (unpaired) electrons. The monoisotopic (exact) mass is 370 g/mol. The molecule has 1 amide bonds. The number of aromatic amines is 1. The number of hydrogen-bond acceptors (Lipinski definition) is 3. The van der Waals surface area contributed by atoms with Crippen LogP contribution in [0.4, 0.5) is 4.39 Å². The predicted octanol–water partition coefficient (Wildman–Crippen LogP) is 3.63. The zero-order valence-electron chi connectivity index (χ0n) is 15.3. The molecule has 2 N–H and O–H groups in total. The number of Topliss-reactive ketones (excluding diaryl/α,β-unsaturated/α-hetero) is 1. The third-order valence-corrected chi connectivity index (χ3v) is 5.52. The third-order valence-electron chi connectivity index (χ3n) is 5.52. The van der Waals surface area contributed by atoms with Gasteiger partial charge in [-0.05, 0) is 55.9 Å². The number of H-pyrrole nitrogens is 1. The highest BCUT2D eigenvalue weighted by atomic mass is 19.1. The van der Waals surface area contributed by atoms with Gasteiger partial charge in [0.25, 0.3) is 5.91 Å². The van der Waals surface area contributed by atoms with E-state index in [1.165, 1.54) is 12.1 Å². The van der Waals surface area contributed by atoms with Crippen molar-refractivity contribution in [3.8, 4) is 0 Å². The van der Waals surface area contributed by atoms with Crippen molar-refractivity contribution in [3.05, 3.63) is 58.2 Å². The third kappa shape index (κ3) is 3.41. The van der Waals surface area contributed by atoms with E-state index < -0.39 is 0 Å². The Hall–Kier alpha value is -2.47. The Morgan fingerprint density at radius 3 is 2.70 bits per heavy atom. The van der Waals surface area contributed by atoms with Gasteiger partial charge in [-0.1, -0.05) is 12.1 Å². The highest BCUT2D eigenvalue weighted by Gasteiger charge is 2.31. The van der Waals surface area contributed by atoms with Crippen LogP contribution in [0.5, 0.6) is 0 Å². The SMILES string of the molecule is Cc1c(C(=O)N[C@@H](c2ccc(F)cc2)[C@@H]2CCCO2)[nH]c2c1C(=O)CCC2. The van der Waals surface area contributed by atoms with Gasteiger partial charge in [0.15, 0.2) is 5.78 Å². The molecule has 1 fully saturated rings. The number of ether oxygens (including phenoxy) is 1. The lowest BCUT2D eigenvalue weighted by atomic mass is 9.93. The van der Waals surface area contributed by atoms with Crippen LogP contribution >= 0.6 is 0 Å². The van der Waals surface area contributed by atoms with Crippen LogP contribution in [0.15, 0.2) is 24.3 Å². The van der Waals surface area contributed by atoms with Gasteiger partial charge in [0.2, 0.25) is 0 Å². The van der Waals surface area contributed by atoms with E-state index in [1.807, 2.05) is 6.92 Å². The highest BCUT2D eigenvalue weighted by Crippen LogP contribution is 2.30. The number of amides is 1. The minimum Gasteiger partial charge on any atom is -0.376 e. The van der Waals surface area contributed by atoms with E-state index in [2.05, 4.69) is 10.3 Å². The Labute approximate surface area is 157 Å². The summed E-state index contributed by atoms with van der Waals surface area (Å²) in [7, 11) is 0. The topological polar surface area (TPSA) is 71.2 Å². The van der Waals surface area contributed by atoms with Gasteiger partial charge in [-0.2, -0.15) is 0 Å². The highest BCUT2D eigenvalue weighted by molar-refractivity contribution is 6.04. The summed E-state index contributed by atoms with van der Waals surface area (Å²) < 4.78 is 19.1. The number of ketones is 1. The molecule has 0 spiro atoms. The number of carbonyl (C=O) groups is 2. The molecule has 0 saturated carbocycles. The average molecular weight is 370 g/mol. The van der Waals surface area contributed by atoms with Crippen LogP contribution in [-0.4, -0.2) is 29.4 Å². The number of hydrogen-bond donors (Lipinski definition) is 2. The maximum absolute atomic E-state index is 13.3. The second kappa shape index (κ2) is 7.27. The molecule has 0 bridgehead atoms. The smallest absolute Gasteiger partial charge is 0.268 e. The van der Waals surface area contributed by atoms with Crippen molar-refractivity contribution >= 4 is 11.7 Å². The van der Waals surface area contributed by atoms with E-state index in [-0.39, 0.29) is 29.7 Å². The van der Waals surface area contributed by atoms with Crippen molar-refractivity contribution < 1.29 is 18.7 Å². The minimum absolute atomic E-state index is 0.0956. The Balaban J connectivity index is 1.62. The van der Waals surface area contributed by atoms with Gasteiger partial charge < -0.3 is 15.0 Å². The van der Waals surface area contributed by atoms with Gasteiger partial charge in [0.1, 0.15) is 11.5 Å². The maximum atomic E-state index is 13.3. The number of fused-ring (bicyclic) bond motifs is 1. The summed E-state index contributed by atoms with van der Waals surface area (Å²) in [6.45, 7) is 2.47. The van der Waals surface area contributed by atoms with Crippen LogP contribution in [0.3, 0.4) is 0 Å². The second-order valence-electron chi connectivity index (χ2n) is 7.31. The normalized spacial score (nSPS) is 20.4. The Bertz CT molecular complexity index is 866. The molecule has 0 unspecified atom stereocenters. The van der Waals surface area contributed by atoms with Gasteiger partial charge >= 0.3 is 0 Å². The molecule has 6 heteroatoms. The van der Waals surface area contributed by atoms with Crippen LogP contribution in [-0.2, 0) is 11.2 Å². The molecule has 2 aromatic rings. The van der Waals surface area contributed by atoms with Crippen LogP contribution in [0.1, 0.15) is 69.4 Å². The zero-order chi connectivity index (χ0) is 19.0. The van der Waals surface area contributed by atoms with E-state index in [1.54, 1.807) is 12.1 Å². The Kier molecular flexibility index (Phi) is 4.83. The Morgan fingerprint density at radius 1 is 1.26 bits per heavy atom. The summed E-state index contributed by atoms with van der Waals surface area (Å²) in [5, 5.41) is 3.05. The first-order chi connectivity index (χ1) is 13.0. The van der Waals surface area contributed by atoms with Crippen LogP contribution in [0.25, 0.3) is 0 Å². The quantitative estimate of drug-likeness (QED) is 0.863. The summed E-state index contributed by atoms with van der Waals surface area (Å²) in [4.78, 5) is 28.4. The lowest BCUT2D eigenvalue weighted by molar-refractivity contribution is 0.0669. The van der Waals surface area contributed by atoms with E-state index in [4.69, 9.17) is 4.74 Å². The predicted molar refractivity (Wildman–Crippen MR) is 98.4 cm³/mol. The van der Waals surface area contributed by atoms with E-state index >= 15 is 0 Å². The second-order valence-corrected chi connectivity index (χ2v) is 7.31. The van der Waals surface area contributed by atoms with Crippen LogP contribution in [0.2, 0.25) is 0 Å². The van der Waals surface area contributed by atoms with Gasteiger partial charge in [-0.15, -0.1) is 0 Å². The number of benzene rings is 1. The molecule has 2 aliphatic rings. The van der Waals surface area contributed by atoms with Crippen molar-refractivity contribution in [1.29, 1.82) is 0 Å². The summed E-state index contributed by atoms with van der Waals surface area (Å²) in [6.07, 6.45) is 3.74. The fraction of sp³-hybridized carbons (Fsp3) is 0.429. The number of rotatable bonds is 4. The molecule has 27 heavy (non-hydrogen) atoms. The molecule has 142 valence electrons. The van der Waals surface area contributed by atoms with Gasteiger partial charge in [-0.3, -0.25) is 9.59 Å². The lowest BCUT2D eigenvalue weighted by Gasteiger charge is -2.24. The van der Waals surface area contributed by atoms with Crippen LogP contribution in [0, 0.1) is 12.7 Å². The summed E-state index contributed by atoms with van der Waals surface area (Å²) in [6, 6.07) is 5.77. The van der Waals surface area contributed by atoms with Crippen molar-refractivity contribution in [3.63, 3.8) is 0 Å². The van der Waals surface area contributed by atoms with Crippen LogP contribution < -0.4 is 5.32 Å². The first-order valence-electron chi connectivity index (χ1n) is 9.47. The lowest BCUT2D eigenvalue weighted by Crippen LogP contribution is -2.36. The van der Waals surface area contributed by atoms with Crippen molar-refractivity contribution in [2.24, 2.45) is 0 Å². The summed E-state index contributed by atoms with van der Waals surface area (Å²) in [5.74, 6) is -0.486. The number of nitrogens with one attached hydrogen (secondary N) is 2. The maximum Gasteiger partial charge on any atom is 0.268 e. The fourth-order valence-corrected chi connectivity index (χ4v) is 4.14. The molecule has 1 aromatic carbocycles. The average Bonchev–Trinajstić information content (AvgIpc) is 3.29. The molecule has 1 aliphatic carbocycles. The Morgan fingerprint density at radius 2 is 2.04 bits per heavy atom. The first-order valence-corrected chi connectivity index (χ1v) is 9.47. The minimum atomic E-state index is -0.365. The molecule has 2 atom stereocenters. The van der Waals surface area contributed by atoms with Gasteiger partial charge in [-0.25, -0.2) is 4.39 Å². The number of halogens is 1. The molecule has 1 saturated heterocycles. The number of aryl methyl sites for hydroxylation is 1. The van der Waals surface area contributed by atoms with E-state index in [0.717, 1.165) is 36.9 Å². The van der Waals surface area contributed by atoms with Gasteiger partial charge in [0, 0.05) is 24.3 Å². The molecule has 1 aromatic heterocycles. The zero-order valence-corrected chi connectivity index (χ0v) is 15.3. The van der Waals surface area contributed by atoms with Crippen molar-refractivity contribution in [2.45, 2.75) is 51.2 Å². The first kappa shape index (κ1) is 17.9. The molecule has 2 heterocycles. The standard InChI is InChI=1S/C21H23FN2O3/c1-12-18-15(4-2-5-16(18)25)23-19(12)21(26)24-20(17-6-3-11-27-17)13-7-9-14(22)10-8-13/h7-10,17,20,23H,2-6,11H2,1H3,(H,24,26)/t17-,20-/m0/s1. The number of aromatic nitrogens is 1. The van der Waals surface area contributed by atoms with Crippen molar-refractivity contribution in [1.82, 2.24) is 10.3 Å². The fourth-order valence-electron chi connectivity index (χ4n) is 4.14. The summed E-state index contributed by atoms with van der Waals surface area (Å²) >= 11 is 0. The molecule has 5 nitrogen and oxygen atoms in total. The molecular formula is C21H23FN2O3. The van der Waals surface area contributed by atoms with Crippen molar-refractivity contribution in [2.75, 3.05) is 6.61 Å². The molecular weight excluding hydrogens is 347 g/mol. The van der Waals surface area contributed by atoms with E-state index in [9.17, 15) is 14.0 Å².